The molecule has 1 aromatic carbocycles. The van der Waals surface area contributed by atoms with Gasteiger partial charge in [0.1, 0.15) is 5.75 Å². The van der Waals surface area contributed by atoms with E-state index in [1.807, 2.05) is 31.4 Å². The van der Waals surface area contributed by atoms with E-state index in [1.54, 1.807) is 4.68 Å². The molecule has 0 bridgehead atoms. The fourth-order valence-electron chi connectivity index (χ4n) is 1.61. The Morgan fingerprint density at radius 2 is 1.94 bits per heavy atom. The number of phenols is 1. The van der Waals surface area contributed by atoms with Gasteiger partial charge in [-0.25, -0.2) is 0 Å². The van der Waals surface area contributed by atoms with E-state index in [0.717, 1.165) is 17.8 Å². The summed E-state index contributed by atoms with van der Waals surface area (Å²) in [7, 11) is 1.90. The van der Waals surface area contributed by atoms with Gasteiger partial charge >= 0.3 is 0 Å². The van der Waals surface area contributed by atoms with Crippen molar-refractivity contribution in [1.29, 1.82) is 0 Å². The van der Waals surface area contributed by atoms with Crippen molar-refractivity contribution in [3.8, 4) is 5.75 Å². The molecule has 2 rings (SSSR count). The Kier molecular flexibility index (Phi) is 4.42. The maximum atomic E-state index is 9.61. The molecular weight excluding hydrogens is 362 g/mol. The van der Waals surface area contributed by atoms with Crippen LogP contribution < -0.4 is 5.32 Å². The average molecular weight is 375 g/mol. The van der Waals surface area contributed by atoms with Crippen molar-refractivity contribution < 1.29 is 5.11 Å². The van der Waals surface area contributed by atoms with Gasteiger partial charge in [0, 0.05) is 26.3 Å². The molecule has 18 heavy (non-hydrogen) atoms. The third-order valence-corrected chi connectivity index (χ3v) is 3.69. The van der Waals surface area contributed by atoms with Crippen LogP contribution >= 0.6 is 31.9 Å². The molecular formula is C12H13Br2N3O. The minimum absolute atomic E-state index is 0.225. The predicted molar refractivity (Wildman–Crippen MR) is 77.3 cm³/mol. The van der Waals surface area contributed by atoms with Crippen molar-refractivity contribution in [2.45, 2.75) is 13.1 Å². The molecule has 0 amide bonds. The minimum atomic E-state index is 0.225. The highest BCUT2D eigenvalue weighted by Crippen LogP contribution is 2.33. The number of aromatic hydroxyl groups is 1. The van der Waals surface area contributed by atoms with Gasteiger partial charge in [0.05, 0.1) is 14.6 Å². The number of nitrogens with one attached hydrogen (secondary N) is 1. The lowest BCUT2D eigenvalue weighted by atomic mass is 10.2. The van der Waals surface area contributed by atoms with Crippen molar-refractivity contribution in [2.24, 2.45) is 7.05 Å². The standard InChI is InChI=1S/C12H13Br2N3O/c1-17-3-2-9(16-17)7-15-6-8-4-10(13)12(18)11(14)5-8/h2-5,15,18H,6-7H2,1H3. The van der Waals surface area contributed by atoms with Gasteiger partial charge in [-0.1, -0.05) is 0 Å². The highest BCUT2D eigenvalue weighted by molar-refractivity contribution is 9.11. The van der Waals surface area contributed by atoms with Crippen LogP contribution in [0.3, 0.4) is 0 Å². The quantitative estimate of drug-likeness (QED) is 0.864. The number of phenolic OH excluding ortho intramolecular Hbond substituents is 1. The number of aryl methyl sites for hydroxylation is 1. The normalized spacial score (nSPS) is 10.8. The lowest BCUT2D eigenvalue weighted by molar-refractivity contribution is 0.468. The Hall–Kier alpha value is -0.850. The molecule has 0 aliphatic rings. The summed E-state index contributed by atoms with van der Waals surface area (Å²) in [6, 6.07) is 5.77. The Morgan fingerprint density at radius 1 is 1.28 bits per heavy atom. The Balaban J connectivity index is 1.94. The second-order valence-electron chi connectivity index (χ2n) is 3.99. The predicted octanol–water partition coefficient (Wildman–Crippen LogP) is 2.94. The molecule has 0 radical (unpaired) electrons. The molecule has 4 nitrogen and oxygen atoms in total. The molecule has 2 N–H and O–H groups in total. The topological polar surface area (TPSA) is 50.1 Å². The van der Waals surface area contributed by atoms with E-state index >= 15 is 0 Å². The SMILES string of the molecule is Cn1ccc(CNCc2cc(Br)c(O)c(Br)c2)n1. The lowest BCUT2D eigenvalue weighted by Gasteiger charge is -2.07. The fourth-order valence-corrected chi connectivity index (χ4v) is 2.89. The molecule has 0 fully saturated rings. The van der Waals surface area contributed by atoms with Crippen molar-refractivity contribution in [3.63, 3.8) is 0 Å². The molecule has 0 atom stereocenters. The Morgan fingerprint density at radius 3 is 2.50 bits per heavy atom. The molecule has 0 saturated carbocycles. The minimum Gasteiger partial charge on any atom is -0.506 e. The third-order valence-electron chi connectivity index (χ3n) is 2.48. The lowest BCUT2D eigenvalue weighted by Crippen LogP contribution is -2.13. The molecule has 96 valence electrons. The van der Waals surface area contributed by atoms with Crippen LogP contribution in [0.1, 0.15) is 11.3 Å². The van der Waals surface area contributed by atoms with Crippen LogP contribution in [0.5, 0.6) is 5.75 Å². The van der Waals surface area contributed by atoms with Gasteiger partial charge in [-0.05, 0) is 55.6 Å². The van der Waals surface area contributed by atoms with Crippen LogP contribution in [0.2, 0.25) is 0 Å². The second kappa shape index (κ2) is 5.86. The van der Waals surface area contributed by atoms with Gasteiger partial charge in [-0.15, -0.1) is 0 Å². The fraction of sp³-hybridized carbons (Fsp3) is 0.250. The summed E-state index contributed by atoms with van der Waals surface area (Å²) in [5.41, 5.74) is 2.09. The number of rotatable bonds is 4. The van der Waals surface area contributed by atoms with Crippen molar-refractivity contribution in [2.75, 3.05) is 0 Å². The monoisotopic (exact) mass is 373 g/mol. The van der Waals surface area contributed by atoms with E-state index in [2.05, 4.69) is 42.3 Å². The van der Waals surface area contributed by atoms with Crippen LogP contribution in [0.15, 0.2) is 33.3 Å². The molecule has 0 aliphatic heterocycles. The van der Waals surface area contributed by atoms with Crippen molar-refractivity contribution >= 4 is 31.9 Å². The van der Waals surface area contributed by atoms with Gasteiger partial charge in [0.25, 0.3) is 0 Å². The molecule has 0 saturated heterocycles. The smallest absolute Gasteiger partial charge is 0.143 e. The summed E-state index contributed by atoms with van der Waals surface area (Å²) in [6.45, 7) is 1.44. The highest BCUT2D eigenvalue weighted by Gasteiger charge is 2.05. The number of halogens is 2. The first-order valence-electron chi connectivity index (χ1n) is 5.42. The van der Waals surface area contributed by atoms with Gasteiger partial charge in [-0.3, -0.25) is 4.68 Å². The third kappa shape index (κ3) is 3.34. The zero-order chi connectivity index (χ0) is 13.1. The van der Waals surface area contributed by atoms with Crippen LogP contribution in [-0.2, 0) is 20.1 Å². The van der Waals surface area contributed by atoms with Crippen LogP contribution in [-0.4, -0.2) is 14.9 Å². The van der Waals surface area contributed by atoms with Gasteiger partial charge < -0.3 is 10.4 Å². The first-order chi connectivity index (χ1) is 8.56. The van der Waals surface area contributed by atoms with E-state index in [-0.39, 0.29) is 5.75 Å². The summed E-state index contributed by atoms with van der Waals surface area (Å²) in [5.74, 6) is 0.225. The highest BCUT2D eigenvalue weighted by atomic mass is 79.9. The maximum Gasteiger partial charge on any atom is 0.143 e. The van der Waals surface area contributed by atoms with Crippen molar-refractivity contribution in [3.05, 3.63) is 44.6 Å². The summed E-state index contributed by atoms with van der Waals surface area (Å²) >= 11 is 6.63. The second-order valence-corrected chi connectivity index (χ2v) is 5.70. The first-order valence-corrected chi connectivity index (χ1v) is 7.01. The molecule has 1 heterocycles. The van der Waals surface area contributed by atoms with Gasteiger partial charge in [0.2, 0.25) is 0 Å². The number of aromatic nitrogens is 2. The van der Waals surface area contributed by atoms with Crippen LogP contribution in [0.4, 0.5) is 0 Å². The summed E-state index contributed by atoms with van der Waals surface area (Å²) in [4.78, 5) is 0. The van der Waals surface area contributed by atoms with E-state index in [0.29, 0.717) is 15.5 Å². The number of nitrogens with zero attached hydrogens (tertiary/aromatic N) is 2. The Bertz CT molecular complexity index is 531. The zero-order valence-electron chi connectivity index (χ0n) is 9.82. The molecule has 0 unspecified atom stereocenters. The Labute approximate surface area is 122 Å². The zero-order valence-corrected chi connectivity index (χ0v) is 13.0. The number of hydrogen-bond acceptors (Lipinski definition) is 3. The molecule has 0 aliphatic carbocycles. The molecule has 2 aromatic rings. The largest absolute Gasteiger partial charge is 0.506 e. The maximum absolute atomic E-state index is 9.61. The summed E-state index contributed by atoms with van der Waals surface area (Å²) in [5, 5.41) is 17.2. The number of benzene rings is 1. The summed E-state index contributed by atoms with van der Waals surface area (Å²) in [6.07, 6.45) is 1.92. The molecule has 0 spiro atoms. The van der Waals surface area contributed by atoms with Crippen molar-refractivity contribution in [1.82, 2.24) is 15.1 Å². The van der Waals surface area contributed by atoms with Gasteiger partial charge in [0.15, 0.2) is 0 Å². The molecule has 1 aromatic heterocycles. The van der Waals surface area contributed by atoms with Crippen LogP contribution in [0.25, 0.3) is 0 Å². The number of hydrogen-bond donors (Lipinski definition) is 2. The van der Waals surface area contributed by atoms with E-state index < -0.39 is 0 Å². The van der Waals surface area contributed by atoms with E-state index in [1.165, 1.54) is 0 Å². The summed E-state index contributed by atoms with van der Waals surface area (Å²) < 4.78 is 3.16. The van der Waals surface area contributed by atoms with Crippen LogP contribution in [0, 0.1) is 0 Å². The van der Waals surface area contributed by atoms with E-state index in [9.17, 15) is 5.11 Å². The van der Waals surface area contributed by atoms with Gasteiger partial charge in [-0.2, -0.15) is 5.10 Å². The average Bonchev–Trinajstić information content (AvgIpc) is 2.72. The van der Waals surface area contributed by atoms with E-state index in [4.69, 9.17) is 0 Å². The molecule has 6 heteroatoms. The first kappa shape index (κ1) is 13.6.